The molecule has 0 radical (unpaired) electrons. The van der Waals surface area contributed by atoms with Gasteiger partial charge < -0.3 is 0 Å². The van der Waals surface area contributed by atoms with Gasteiger partial charge in [-0.05, 0) is 11.8 Å². The first-order chi connectivity index (χ1) is 8.52. The van der Waals surface area contributed by atoms with Crippen molar-refractivity contribution in [2.24, 2.45) is 0 Å². The van der Waals surface area contributed by atoms with E-state index in [1.54, 1.807) is 6.92 Å². The molecule has 2 aromatic rings. The minimum absolute atomic E-state index is 0.0327. The molecule has 0 amide bonds. The van der Waals surface area contributed by atoms with Crippen molar-refractivity contribution in [1.29, 1.82) is 0 Å². The van der Waals surface area contributed by atoms with Crippen LogP contribution in [0.4, 0.5) is 17.6 Å². The van der Waals surface area contributed by atoms with Crippen molar-refractivity contribution in [3.63, 3.8) is 0 Å². The molecule has 0 aliphatic carbocycles. The van der Waals surface area contributed by atoms with E-state index in [-0.39, 0.29) is 5.16 Å². The average Bonchev–Trinajstić information content (AvgIpc) is 2.80. The molecule has 0 aliphatic rings. The van der Waals surface area contributed by atoms with Gasteiger partial charge in [0.2, 0.25) is 5.16 Å². The van der Waals surface area contributed by atoms with Gasteiger partial charge in [0.25, 0.3) is 11.9 Å². The van der Waals surface area contributed by atoms with E-state index in [2.05, 4.69) is 20.2 Å². The number of pyridine rings is 1. The van der Waals surface area contributed by atoms with Crippen LogP contribution in [0.2, 0.25) is 0 Å². The first-order valence-corrected chi connectivity index (χ1v) is 5.63. The molecule has 1 N–H and O–H groups in total. The number of aromatic nitrogens is 4. The quantitative estimate of drug-likeness (QED) is 0.692. The molecule has 0 aromatic carbocycles. The first kappa shape index (κ1) is 12.8. The molecule has 2 rings (SSSR count). The predicted octanol–water partition coefficient (Wildman–Crippen LogP) is 2.47. The van der Waals surface area contributed by atoms with Crippen molar-refractivity contribution in [1.82, 2.24) is 20.2 Å². The van der Waals surface area contributed by atoms with E-state index in [1.165, 1.54) is 0 Å². The second-order valence-corrected chi connectivity index (χ2v) is 4.15. The zero-order chi connectivity index (χ0) is 13.3. The number of aryl methyl sites for hydroxylation is 1. The minimum atomic E-state index is -1.71. The van der Waals surface area contributed by atoms with Crippen LogP contribution in [-0.2, 0) is 6.42 Å². The van der Waals surface area contributed by atoms with Crippen molar-refractivity contribution in [3.8, 4) is 0 Å². The Morgan fingerprint density at radius 2 is 1.67 bits per heavy atom. The van der Waals surface area contributed by atoms with Crippen LogP contribution >= 0.6 is 11.8 Å². The molecule has 9 heteroatoms. The van der Waals surface area contributed by atoms with Crippen LogP contribution in [0.1, 0.15) is 12.7 Å². The Bertz CT molecular complexity index is 560. The van der Waals surface area contributed by atoms with Gasteiger partial charge in [-0.15, -0.1) is 5.10 Å². The van der Waals surface area contributed by atoms with Gasteiger partial charge in [0.1, 0.15) is 5.82 Å². The lowest BCUT2D eigenvalue weighted by Gasteiger charge is -2.02. The van der Waals surface area contributed by atoms with Crippen molar-refractivity contribution >= 4 is 11.8 Å². The second kappa shape index (κ2) is 4.92. The molecule has 2 aromatic heterocycles. The maximum absolute atomic E-state index is 13.3. The van der Waals surface area contributed by atoms with Crippen LogP contribution < -0.4 is 0 Å². The number of halogens is 4. The van der Waals surface area contributed by atoms with E-state index in [9.17, 15) is 17.6 Å². The Morgan fingerprint density at radius 3 is 2.17 bits per heavy atom. The fraction of sp³-hybridized carbons (Fsp3) is 0.222. The number of rotatable bonds is 3. The maximum Gasteiger partial charge on any atom is 0.252 e. The molecule has 0 saturated carbocycles. The Kier molecular flexibility index (Phi) is 3.50. The SMILES string of the molecule is CCc1nc(Sc2c(F)c(F)nc(F)c2F)n[nH]1. The number of nitrogens with one attached hydrogen (secondary N) is 1. The molecule has 0 aliphatic heterocycles. The van der Waals surface area contributed by atoms with Gasteiger partial charge in [-0.25, -0.2) is 13.8 Å². The van der Waals surface area contributed by atoms with Crippen LogP contribution in [0.5, 0.6) is 0 Å². The predicted molar refractivity (Wildman–Crippen MR) is 54.0 cm³/mol. The van der Waals surface area contributed by atoms with Crippen molar-refractivity contribution in [3.05, 3.63) is 29.4 Å². The topological polar surface area (TPSA) is 54.5 Å². The summed E-state index contributed by atoms with van der Waals surface area (Å²) in [6.07, 6.45) is 0.539. The highest BCUT2D eigenvalue weighted by Crippen LogP contribution is 2.31. The van der Waals surface area contributed by atoms with Gasteiger partial charge in [0.05, 0.1) is 4.90 Å². The van der Waals surface area contributed by atoms with E-state index in [1.807, 2.05) is 0 Å². The summed E-state index contributed by atoms with van der Waals surface area (Å²) >= 11 is 0.382. The van der Waals surface area contributed by atoms with Crippen molar-refractivity contribution in [2.45, 2.75) is 23.4 Å². The van der Waals surface area contributed by atoms with E-state index in [0.29, 0.717) is 24.0 Å². The summed E-state index contributed by atoms with van der Waals surface area (Å²) in [4.78, 5) is 5.45. The Labute approximate surface area is 103 Å². The third-order valence-electron chi connectivity index (χ3n) is 2.00. The van der Waals surface area contributed by atoms with E-state index in [4.69, 9.17) is 0 Å². The number of aromatic amines is 1. The highest BCUT2D eigenvalue weighted by molar-refractivity contribution is 7.99. The lowest BCUT2D eigenvalue weighted by atomic mass is 10.4. The summed E-state index contributed by atoms with van der Waals surface area (Å²) in [5, 5.41) is 6.13. The maximum atomic E-state index is 13.3. The Morgan fingerprint density at radius 1 is 1.06 bits per heavy atom. The standard InChI is InChI=1S/C9H6F4N4S/c1-2-3-14-9(17-16-3)18-6-4(10)7(12)15-8(13)5(6)11/h2H2,1H3,(H,14,16,17). The number of hydrogen-bond acceptors (Lipinski definition) is 4. The summed E-state index contributed by atoms with van der Waals surface area (Å²) in [7, 11) is 0. The zero-order valence-corrected chi connectivity index (χ0v) is 9.79. The molecule has 18 heavy (non-hydrogen) atoms. The van der Waals surface area contributed by atoms with Gasteiger partial charge in [0.15, 0.2) is 11.6 Å². The smallest absolute Gasteiger partial charge is 0.252 e. The molecule has 0 saturated heterocycles. The third-order valence-corrected chi connectivity index (χ3v) is 2.92. The van der Waals surface area contributed by atoms with Gasteiger partial charge in [0, 0.05) is 6.42 Å². The van der Waals surface area contributed by atoms with Gasteiger partial charge >= 0.3 is 0 Å². The summed E-state index contributed by atoms with van der Waals surface area (Å²) in [6, 6.07) is 0. The molecular weight excluding hydrogens is 272 g/mol. The van der Waals surface area contributed by atoms with E-state index >= 15 is 0 Å². The van der Waals surface area contributed by atoms with Crippen LogP contribution in [-0.4, -0.2) is 20.2 Å². The minimum Gasteiger partial charge on any atom is -0.262 e. The molecule has 4 nitrogen and oxygen atoms in total. The molecule has 96 valence electrons. The highest BCUT2D eigenvalue weighted by Gasteiger charge is 2.22. The molecule has 2 heterocycles. The fourth-order valence-corrected chi connectivity index (χ4v) is 1.91. The number of H-pyrrole nitrogens is 1. The number of hydrogen-bond donors (Lipinski definition) is 1. The number of nitrogens with zero attached hydrogens (tertiary/aromatic N) is 3. The molecule has 0 fully saturated rings. The monoisotopic (exact) mass is 278 g/mol. The average molecular weight is 278 g/mol. The third kappa shape index (κ3) is 2.30. The van der Waals surface area contributed by atoms with E-state index in [0.717, 1.165) is 0 Å². The fourth-order valence-electron chi connectivity index (χ4n) is 1.13. The summed E-state index contributed by atoms with van der Waals surface area (Å²) < 4.78 is 52.3. The molecular formula is C9H6F4N4S. The lowest BCUT2D eigenvalue weighted by molar-refractivity contribution is 0.383. The summed E-state index contributed by atoms with van der Waals surface area (Å²) in [6.45, 7) is 1.79. The van der Waals surface area contributed by atoms with Crippen LogP contribution in [0.3, 0.4) is 0 Å². The van der Waals surface area contributed by atoms with Crippen LogP contribution in [0.15, 0.2) is 10.1 Å². The van der Waals surface area contributed by atoms with Gasteiger partial charge in [-0.1, -0.05) is 6.92 Å². The lowest BCUT2D eigenvalue weighted by Crippen LogP contribution is -2.02. The summed E-state index contributed by atoms with van der Waals surface area (Å²) in [5.74, 6) is -6.05. The first-order valence-electron chi connectivity index (χ1n) is 4.82. The largest absolute Gasteiger partial charge is 0.262 e. The normalized spacial score (nSPS) is 10.9. The highest BCUT2D eigenvalue weighted by atomic mass is 32.2. The van der Waals surface area contributed by atoms with Gasteiger partial charge in [-0.2, -0.15) is 13.8 Å². The van der Waals surface area contributed by atoms with Crippen LogP contribution in [0, 0.1) is 23.5 Å². The molecule has 0 spiro atoms. The molecule has 0 atom stereocenters. The molecule has 0 bridgehead atoms. The second-order valence-electron chi connectivity index (χ2n) is 3.17. The Hall–Kier alpha value is -1.64. The van der Waals surface area contributed by atoms with Crippen molar-refractivity contribution < 1.29 is 17.6 Å². The van der Waals surface area contributed by atoms with Crippen LogP contribution in [0.25, 0.3) is 0 Å². The van der Waals surface area contributed by atoms with E-state index < -0.39 is 28.4 Å². The van der Waals surface area contributed by atoms with Crippen molar-refractivity contribution in [2.75, 3.05) is 0 Å². The van der Waals surface area contributed by atoms with Gasteiger partial charge in [-0.3, -0.25) is 5.10 Å². The molecule has 0 unspecified atom stereocenters. The summed E-state index contributed by atoms with van der Waals surface area (Å²) in [5.41, 5.74) is 0. The Balaban J connectivity index is 2.39. The zero-order valence-electron chi connectivity index (χ0n) is 8.97.